The van der Waals surface area contributed by atoms with Gasteiger partial charge in [0.2, 0.25) is 5.91 Å². The molecule has 3 N–H and O–H groups in total. The van der Waals surface area contributed by atoms with Crippen LogP contribution in [-0.4, -0.2) is 37.1 Å². The lowest BCUT2D eigenvalue weighted by atomic mass is 9.99. The van der Waals surface area contributed by atoms with Gasteiger partial charge in [0.25, 0.3) is 0 Å². The highest BCUT2D eigenvalue weighted by Crippen LogP contribution is 2.18. The quantitative estimate of drug-likeness (QED) is 0.479. The summed E-state index contributed by atoms with van der Waals surface area (Å²) in [6.07, 6.45) is 1.10. The molecule has 5 nitrogen and oxygen atoms in total. The average Bonchev–Trinajstić information content (AvgIpc) is 3.01. The molecule has 0 aromatic heterocycles. The number of carbonyl (C=O) groups is 1. The number of nitrogens with one attached hydrogen (secondary N) is 1. The summed E-state index contributed by atoms with van der Waals surface area (Å²) in [7, 11) is 2.12. The van der Waals surface area contributed by atoms with Crippen LogP contribution in [0.5, 0.6) is 0 Å². The number of rotatable bonds is 5. The van der Waals surface area contributed by atoms with Crippen molar-refractivity contribution in [3.63, 3.8) is 0 Å². The molecule has 1 saturated heterocycles. The van der Waals surface area contributed by atoms with Gasteiger partial charge in [0.15, 0.2) is 0 Å². The number of likely N-dealkylation sites (N-methyl/N-ethyl adjacent to an activating group) is 1. The molecule has 1 aliphatic heterocycles. The minimum atomic E-state index is -0.227. The highest BCUT2D eigenvalue weighted by atomic mass is 16.5. The Bertz CT molecular complexity index is 441. The summed E-state index contributed by atoms with van der Waals surface area (Å²) in [6, 6.07) is 8.64. The maximum atomic E-state index is 11.5. The summed E-state index contributed by atoms with van der Waals surface area (Å²) < 4.78 is 5.41. The molecule has 1 amide bonds. The molecule has 0 aliphatic carbocycles. The van der Waals surface area contributed by atoms with Crippen molar-refractivity contribution >= 4 is 5.91 Å². The van der Waals surface area contributed by atoms with Crippen LogP contribution < -0.4 is 11.3 Å². The van der Waals surface area contributed by atoms with Gasteiger partial charge < -0.3 is 4.74 Å². The van der Waals surface area contributed by atoms with E-state index in [9.17, 15) is 4.79 Å². The van der Waals surface area contributed by atoms with Crippen LogP contribution in [0.3, 0.4) is 0 Å². The first-order chi connectivity index (χ1) is 9.61. The average molecular weight is 277 g/mol. The molecule has 0 saturated carbocycles. The largest absolute Gasteiger partial charge is 0.380 e. The second-order valence-corrected chi connectivity index (χ2v) is 5.40. The number of carbonyl (C=O) groups excluding carboxylic acids is 1. The van der Waals surface area contributed by atoms with Gasteiger partial charge in [0, 0.05) is 19.2 Å². The van der Waals surface area contributed by atoms with Crippen molar-refractivity contribution < 1.29 is 9.53 Å². The van der Waals surface area contributed by atoms with Crippen LogP contribution in [0, 0.1) is 0 Å². The van der Waals surface area contributed by atoms with E-state index in [0.717, 1.165) is 31.7 Å². The molecule has 2 rings (SSSR count). The van der Waals surface area contributed by atoms with Crippen LogP contribution in [0.1, 0.15) is 30.4 Å². The third-order valence-corrected chi connectivity index (χ3v) is 3.98. The van der Waals surface area contributed by atoms with Crippen LogP contribution in [0.25, 0.3) is 0 Å². The van der Waals surface area contributed by atoms with Crippen molar-refractivity contribution in [3.05, 3.63) is 35.4 Å². The zero-order valence-electron chi connectivity index (χ0n) is 12.1. The third-order valence-electron chi connectivity index (χ3n) is 3.98. The molecule has 1 aliphatic rings. The first-order valence-electron chi connectivity index (χ1n) is 6.99. The third kappa shape index (κ3) is 3.56. The van der Waals surface area contributed by atoms with E-state index in [1.807, 2.05) is 19.1 Å². The first-order valence-corrected chi connectivity index (χ1v) is 6.99. The van der Waals surface area contributed by atoms with Crippen LogP contribution >= 0.6 is 0 Å². The molecule has 5 heteroatoms. The lowest BCUT2D eigenvalue weighted by Gasteiger charge is -2.23. The smallest absolute Gasteiger partial charge is 0.241 e. The number of amides is 1. The van der Waals surface area contributed by atoms with Crippen molar-refractivity contribution in [2.45, 2.75) is 31.8 Å². The van der Waals surface area contributed by atoms with Gasteiger partial charge in [-0.2, -0.15) is 0 Å². The summed E-state index contributed by atoms with van der Waals surface area (Å²) in [5, 5.41) is 0. The van der Waals surface area contributed by atoms with Gasteiger partial charge in [-0.05, 0) is 31.5 Å². The van der Waals surface area contributed by atoms with E-state index >= 15 is 0 Å². The number of benzene rings is 1. The lowest BCUT2D eigenvalue weighted by molar-refractivity contribution is -0.122. The number of nitrogens with zero attached hydrogens (tertiary/aromatic N) is 1. The molecule has 0 radical (unpaired) electrons. The van der Waals surface area contributed by atoms with E-state index in [4.69, 9.17) is 10.6 Å². The molecular formula is C15H23N3O2. The van der Waals surface area contributed by atoms with Crippen LogP contribution in [0.2, 0.25) is 0 Å². The van der Waals surface area contributed by atoms with Crippen molar-refractivity contribution in [1.29, 1.82) is 0 Å². The van der Waals surface area contributed by atoms with Gasteiger partial charge in [-0.25, -0.2) is 5.84 Å². The maximum Gasteiger partial charge on any atom is 0.241 e. The first kappa shape index (κ1) is 15.0. The van der Waals surface area contributed by atoms with Gasteiger partial charge in [-0.1, -0.05) is 24.3 Å². The molecule has 2 atom stereocenters. The van der Waals surface area contributed by atoms with E-state index in [-0.39, 0.29) is 11.8 Å². The SMILES string of the molecule is CC(C(=O)NN)c1ccc(CN(C)C2CCOC2)cc1. The minimum Gasteiger partial charge on any atom is -0.380 e. The Balaban J connectivity index is 1.95. The molecule has 1 aromatic rings. The Kier molecular flexibility index (Phi) is 5.11. The van der Waals surface area contributed by atoms with Crippen LogP contribution in [-0.2, 0) is 16.1 Å². The standard InChI is InChI=1S/C15H23N3O2/c1-11(15(19)17-16)13-5-3-12(4-6-13)9-18(2)14-7-8-20-10-14/h3-6,11,14H,7-10,16H2,1-2H3,(H,17,19). The number of hydrogen-bond acceptors (Lipinski definition) is 4. The fourth-order valence-corrected chi connectivity index (χ4v) is 2.47. The monoisotopic (exact) mass is 277 g/mol. The molecule has 20 heavy (non-hydrogen) atoms. The normalized spacial score (nSPS) is 20.1. The van der Waals surface area contributed by atoms with Gasteiger partial charge in [-0.15, -0.1) is 0 Å². The molecule has 1 heterocycles. The molecule has 2 unspecified atom stereocenters. The molecule has 0 bridgehead atoms. The topological polar surface area (TPSA) is 67.6 Å². The Labute approximate surface area is 120 Å². The second-order valence-electron chi connectivity index (χ2n) is 5.40. The summed E-state index contributed by atoms with van der Waals surface area (Å²) >= 11 is 0. The summed E-state index contributed by atoms with van der Waals surface area (Å²) in [5.74, 6) is 4.76. The van der Waals surface area contributed by atoms with E-state index in [1.54, 1.807) is 0 Å². The fraction of sp³-hybridized carbons (Fsp3) is 0.533. The van der Waals surface area contributed by atoms with Crippen molar-refractivity contribution in [1.82, 2.24) is 10.3 Å². The Morgan fingerprint density at radius 2 is 2.20 bits per heavy atom. The highest BCUT2D eigenvalue weighted by molar-refractivity contribution is 5.82. The number of hydrogen-bond donors (Lipinski definition) is 2. The molecule has 0 spiro atoms. The minimum absolute atomic E-state index is 0.169. The van der Waals surface area contributed by atoms with Crippen molar-refractivity contribution in [2.75, 3.05) is 20.3 Å². The maximum absolute atomic E-state index is 11.5. The second kappa shape index (κ2) is 6.83. The van der Waals surface area contributed by atoms with E-state index in [1.165, 1.54) is 5.56 Å². The zero-order valence-corrected chi connectivity index (χ0v) is 12.1. The predicted octanol–water partition coefficient (Wildman–Crippen LogP) is 1.00. The van der Waals surface area contributed by atoms with Gasteiger partial charge in [0.1, 0.15) is 0 Å². The lowest BCUT2D eigenvalue weighted by Crippen LogP contribution is -2.33. The Morgan fingerprint density at radius 1 is 1.50 bits per heavy atom. The fourth-order valence-electron chi connectivity index (χ4n) is 2.47. The van der Waals surface area contributed by atoms with Crippen molar-refractivity contribution in [2.24, 2.45) is 5.84 Å². The molecular weight excluding hydrogens is 254 g/mol. The van der Waals surface area contributed by atoms with Crippen LogP contribution in [0.4, 0.5) is 0 Å². The zero-order chi connectivity index (χ0) is 14.5. The summed E-state index contributed by atoms with van der Waals surface area (Å²) in [6.45, 7) is 4.42. The molecule has 1 aromatic carbocycles. The number of ether oxygens (including phenoxy) is 1. The van der Waals surface area contributed by atoms with E-state index in [0.29, 0.717) is 6.04 Å². The number of nitrogens with two attached hydrogens (primary N) is 1. The van der Waals surface area contributed by atoms with Gasteiger partial charge >= 0.3 is 0 Å². The predicted molar refractivity (Wildman–Crippen MR) is 77.9 cm³/mol. The van der Waals surface area contributed by atoms with Crippen LogP contribution in [0.15, 0.2) is 24.3 Å². The van der Waals surface area contributed by atoms with E-state index < -0.39 is 0 Å². The number of hydrazine groups is 1. The molecule has 110 valence electrons. The molecule has 1 fully saturated rings. The van der Waals surface area contributed by atoms with Crippen molar-refractivity contribution in [3.8, 4) is 0 Å². The van der Waals surface area contributed by atoms with E-state index in [2.05, 4.69) is 29.5 Å². The van der Waals surface area contributed by atoms with Gasteiger partial charge in [0.05, 0.1) is 12.5 Å². The highest BCUT2D eigenvalue weighted by Gasteiger charge is 2.20. The Hall–Kier alpha value is -1.43. The van der Waals surface area contributed by atoms with Gasteiger partial charge in [-0.3, -0.25) is 15.1 Å². The Morgan fingerprint density at radius 3 is 2.75 bits per heavy atom. The summed E-state index contributed by atoms with van der Waals surface area (Å²) in [5.41, 5.74) is 4.40. The summed E-state index contributed by atoms with van der Waals surface area (Å²) in [4.78, 5) is 13.8.